The smallest absolute Gasteiger partial charge is 0.134 e. The van der Waals surface area contributed by atoms with Gasteiger partial charge >= 0.3 is 0 Å². The molecule has 0 fully saturated rings. The number of anilines is 1. The summed E-state index contributed by atoms with van der Waals surface area (Å²) in [6.07, 6.45) is 1.75. The molecule has 1 N–H and O–H groups in total. The van der Waals surface area contributed by atoms with Crippen molar-refractivity contribution in [3.8, 4) is 0 Å². The molecule has 0 atom stereocenters. The number of aliphatic hydroxyl groups excluding tert-OH is 1. The Bertz CT molecular complexity index is 525. The van der Waals surface area contributed by atoms with Crippen LogP contribution in [-0.2, 0) is 13.2 Å². The van der Waals surface area contributed by atoms with Crippen LogP contribution < -0.4 is 4.90 Å². The van der Waals surface area contributed by atoms with Crippen LogP contribution in [0.15, 0.2) is 42.6 Å². The minimum atomic E-state index is 0.0152. The highest BCUT2D eigenvalue weighted by Crippen LogP contribution is 2.18. The first-order valence-corrected chi connectivity index (χ1v) is 6.02. The minimum absolute atomic E-state index is 0.0152. The summed E-state index contributed by atoms with van der Waals surface area (Å²) in [5.41, 5.74) is 3.35. The second-order valence-corrected chi connectivity index (χ2v) is 4.49. The molecule has 0 bridgehead atoms. The van der Waals surface area contributed by atoms with E-state index < -0.39 is 0 Å². The Kier molecular flexibility index (Phi) is 3.95. The summed E-state index contributed by atoms with van der Waals surface area (Å²) in [4.78, 5) is 6.39. The van der Waals surface area contributed by atoms with Crippen molar-refractivity contribution in [3.05, 3.63) is 59.3 Å². The summed E-state index contributed by atoms with van der Waals surface area (Å²) in [5.74, 6) is 0.835. The third-order valence-electron chi connectivity index (χ3n) is 2.90. The van der Waals surface area contributed by atoms with Gasteiger partial charge in [0.2, 0.25) is 0 Å². The number of aryl methyl sites for hydroxylation is 1. The van der Waals surface area contributed by atoms with Gasteiger partial charge in [0.15, 0.2) is 0 Å². The Morgan fingerprint density at radius 1 is 1.22 bits per heavy atom. The fourth-order valence-electron chi connectivity index (χ4n) is 2.06. The van der Waals surface area contributed by atoms with Crippen LogP contribution in [0.4, 0.5) is 5.82 Å². The lowest BCUT2D eigenvalue weighted by atomic mass is 10.1. The van der Waals surface area contributed by atoms with Crippen molar-refractivity contribution in [2.75, 3.05) is 11.9 Å². The molecule has 1 aromatic carbocycles. The van der Waals surface area contributed by atoms with Crippen molar-refractivity contribution in [2.24, 2.45) is 0 Å². The van der Waals surface area contributed by atoms with Gasteiger partial charge in [0.25, 0.3) is 0 Å². The molecule has 3 heteroatoms. The maximum Gasteiger partial charge on any atom is 0.134 e. The van der Waals surface area contributed by atoms with Crippen molar-refractivity contribution < 1.29 is 5.11 Å². The first kappa shape index (κ1) is 12.6. The van der Waals surface area contributed by atoms with E-state index in [0.29, 0.717) is 0 Å². The van der Waals surface area contributed by atoms with E-state index >= 15 is 0 Å². The van der Waals surface area contributed by atoms with E-state index in [1.807, 2.05) is 19.2 Å². The van der Waals surface area contributed by atoms with Gasteiger partial charge in [-0.3, -0.25) is 0 Å². The van der Waals surface area contributed by atoms with E-state index in [2.05, 4.69) is 41.1 Å². The SMILES string of the molecule is Cc1cccc(CN(C)c2ncccc2CO)c1. The number of benzene rings is 1. The molecule has 0 amide bonds. The Morgan fingerprint density at radius 3 is 2.78 bits per heavy atom. The number of hydrogen-bond acceptors (Lipinski definition) is 3. The van der Waals surface area contributed by atoms with E-state index in [4.69, 9.17) is 0 Å². The highest BCUT2D eigenvalue weighted by atomic mass is 16.3. The molecule has 1 heterocycles. The van der Waals surface area contributed by atoms with Crippen molar-refractivity contribution in [1.82, 2.24) is 4.98 Å². The molecule has 0 aliphatic carbocycles. The zero-order valence-electron chi connectivity index (χ0n) is 10.8. The lowest BCUT2D eigenvalue weighted by Crippen LogP contribution is -2.19. The van der Waals surface area contributed by atoms with Crippen LogP contribution >= 0.6 is 0 Å². The second kappa shape index (κ2) is 5.65. The summed E-state index contributed by atoms with van der Waals surface area (Å²) in [7, 11) is 1.99. The van der Waals surface area contributed by atoms with Crippen LogP contribution in [0.2, 0.25) is 0 Å². The predicted octanol–water partition coefficient (Wildman–Crippen LogP) is 2.52. The van der Waals surface area contributed by atoms with Gasteiger partial charge in [0.05, 0.1) is 6.61 Å². The number of aromatic nitrogens is 1. The van der Waals surface area contributed by atoms with Crippen LogP contribution in [-0.4, -0.2) is 17.1 Å². The van der Waals surface area contributed by atoms with Gasteiger partial charge in [0, 0.05) is 25.4 Å². The largest absolute Gasteiger partial charge is 0.392 e. The summed E-state index contributed by atoms with van der Waals surface area (Å²) < 4.78 is 0. The van der Waals surface area contributed by atoms with Crippen LogP contribution in [0.3, 0.4) is 0 Å². The van der Waals surface area contributed by atoms with Crippen molar-refractivity contribution >= 4 is 5.82 Å². The van der Waals surface area contributed by atoms with E-state index in [0.717, 1.165) is 17.9 Å². The first-order chi connectivity index (χ1) is 8.70. The topological polar surface area (TPSA) is 36.4 Å². The van der Waals surface area contributed by atoms with Crippen molar-refractivity contribution in [1.29, 1.82) is 0 Å². The summed E-state index contributed by atoms with van der Waals surface area (Å²) in [6, 6.07) is 12.2. The van der Waals surface area contributed by atoms with Gasteiger partial charge in [-0.2, -0.15) is 0 Å². The molecule has 0 saturated carbocycles. The van der Waals surface area contributed by atoms with Gasteiger partial charge in [-0.05, 0) is 18.6 Å². The average molecular weight is 242 g/mol. The molecule has 0 unspecified atom stereocenters. The quantitative estimate of drug-likeness (QED) is 0.895. The van der Waals surface area contributed by atoms with Crippen molar-refractivity contribution in [2.45, 2.75) is 20.1 Å². The molecule has 0 spiro atoms. The fraction of sp³-hybridized carbons (Fsp3) is 0.267. The predicted molar refractivity (Wildman–Crippen MR) is 73.4 cm³/mol. The molecule has 0 aliphatic heterocycles. The normalized spacial score (nSPS) is 10.4. The zero-order chi connectivity index (χ0) is 13.0. The molecule has 94 valence electrons. The minimum Gasteiger partial charge on any atom is -0.392 e. The molecule has 1 aromatic heterocycles. The van der Waals surface area contributed by atoms with Gasteiger partial charge in [-0.25, -0.2) is 4.98 Å². The van der Waals surface area contributed by atoms with Crippen LogP contribution in [0.1, 0.15) is 16.7 Å². The molecule has 0 aliphatic rings. The summed E-state index contributed by atoms with van der Waals surface area (Å²) >= 11 is 0. The van der Waals surface area contributed by atoms with Crippen molar-refractivity contribution in [3.63, 3.8) is 0 Å². The second-order valence-electron chi connectivity index (χ2n) is 4.49. The molecule has 3 nitrogen and oxygen atoms in total. The number of pyridine rings is 1. The van der Waals surface area contributed by atoms with Gasteiger partial charge in [-0.1, -0.05) is 35.9 Å². The number of aliphatic hydroxyl groups is 1. The van der Waals surface area contributed by atoms with E-state index in [9.17, 15) is 5.11 Å². The Hall–Kier alpha value is -1.87. The summed E-state index contributed by atoms with van der Waals surface area (Å²) in [6.45, 7) is 2.89. The van der Waals surface area contributed by atoms with Gasteiger partial charge in [-0.15, -0.1) is 0 Å². The Morgan fingerprint density at radius 2 is 2.06 bits per heavy atom. The van der Waals surface area contributed by atoms with Gasteiger partial charge in [0.1, 0.15) is 5.82 Å². The molecule has 18 heavy (non-hydrogen) atoms. The Balaban J connectivity index is 2.19. The standard InChI is InChI=1S/C15H18N2O/c1-12-5-3-6-13(9-12)10-17(2)15-14(11-18)7-4-8-16-15/h3-9,18H,10-11H2,1-2H3. The molecule has 2 aromatic rings. The highest BCUT2D eigenvalue weighted by molar-refractivity contribution is 5.46. The lowest BCUT2D eigenvalue weighted by Gasteiger charge is -2.20. The Labute approximate surface area is 108 Å². The average Bonchev–Trinajstić information content (AvgIpc) is 2.38. The number of hydrogen-bond donors (Lipinski definition) is 1. The lowest BCUT2D eigenvalue weighted by molar-refractivity contribution is 0.281. The van der Waals surface area contributed by atoms with E-state index in [-0.39, 0.29) is 6.61 Å². The van der Waals surface area contributed by atoms with E-state index in [1.54, 1.807) is 6.20 Å². The van der Waals surface area contributed by atoms with Crippen LogP contribution in [0, 0.1) is 6.92 Å². The van der Waals surface area contributed by atoms with E-state index in [1.165, 1.54) is 11.1 Å². The number of rotatable bonds is 4. The molecular weight excluding hydrogens is 224 g/mol. The van der Waals surface area contributed by atoms with Crippen LogP contribution in [0.25, 0.3) is 0 Å². The molecule has 2 rings (SSSR count). The number of nitrogens with zero attached hydrogens (tertiary/aromatic N) is 2. The monoisotopic (exact) mass is 242 g/mol. The molecular formula is C15H18N2O. The van der Waals surface area contributed by atoms with Gasteiger partial charge < -0.3 is 10.0 Å². The zero-order valence-corrected chi connectivity index (χ0v) is 10.8. The maximum atomic E-state index is 9.31. The fourth-order valence-corrected chi connectivity index (χ4v) is 2.06. The van der Waals surface area contributed by atoms with Crippen LogP contribution in [0.5, 0.6) is 0 Å². The molecule has 0 radical (unpaired) electrons. The highest BCUT2D eigenvalue weighted by Gasteiger charge is 2.08. The molecule has 0 saturated heterocycles. The third-order valence-corrected chi connectivity index (χ3v) is 2.90. The third kappa shape index (κ3) is 2.87. The first-order valence-electron chi connectivity index (χ1n) is 6.02. The maximum absolute atomic E-state index is 9.31. The summed E-state index contributed by atoms with van der Waals surface area (Å²) in [5, 5.41) is 9.31.